The lowest BCUT2D eigenvalue weighted by atomic mass is 10.1. The number of sulfonamides is 1. The number of imidazole rings is 1. The van der Waals surface area contributed by atoms with E-state index in [0.717, 1.165) is 29.7 Å². The van der Waals surface area contributed by atoms with Gasteiger partial charge in [0.25, 0.3) is 10.0 Å². The third-order valence-corrected chi connectivity index (χ3v) is 7.63. The molecule has 0 bridgehead atoms. The van der Waals surface area contributed by atoms with Crippen molar-refractivity contribution in [1.29, 1.82) is 0 Å². The summed E-state index contributed by atoms with van der Waals surface area (Å²) in [6.45, 7) is 3.72. The average Bonchev–Trinajstić information content (AvgIpc) is 3.14. The third kappa shape index (κ3) is 5.05. The highest BCUT2D eigenvalue weighted by molar-refractivity contribution is 7.92. The highest BCUT2D eigenvalue weighted by Gasteiger charge is 2.27. The standard InChI is InChI=1S/C26H26FN3O4S/c1-3-6-25-28-23-15-21(11-14-24(23)29(25)17-26(31)32)30(16-19-8-5-4-7-18(19)2)35(33,34)22-12-9-20(27)10-13-22/h4-5,7-15H,3,6,16-17H2,1-2H3,(H,31,32). The summed E-state index contributed by atoms with van der Waals surface area (Å²) in [6.07, 6.45) is 1.38. The van der Waals surface area contributed by atoms with Crippen molar-refractivity contribution < 1.29 is 22.7 Å². The van der Waals surface area contributed by atoms with Crippen LogP contribution in [-0.2, 0) is 34.3 Å². The number of halogens is 1. The van der Waals surface area contributed by atoms with Crippen molar-refractivity contribution in [1.82, 2.24) is 9.55 Å². The van der Waals surface area contributed by atoms with Crippen molar-refractivity contribution >= 4 is 32.7 Å². The predicted molar refractivity (Wildman–Crippen MR) is 132 cm³/mol. The van der Waals surface area contributed by atoms with Gasteiger partial charge in [0, 0.05) is 6.42 Å². The number of hydrogen-bond donors (Lipinski definition) is 1. The van der Waals surface area contributed by atoms with Crippen molar-refractivity contribution in [2.45, 2.75) is 44.7 Å². The molecular weight excluding hydrogens is 469 g/mol. The minimum absolute atomic E-state index is 0.0318. The molecule has 1 heterocycles. The first kappa shape index (κ1) is 24.4. The Bertz CT molecular complexity index is 1480. The molecule has 0 amide bonds. The predicted octanol–water partition coefficient (Wildman–Crippen LogP) is 4.92. The lowest BCUT2D eigenvalue weighted by Crippen LogP contribution is -2.31. The Kier molecular flexibility index (Phi) is 6.88. The van der Waals surface area contributed by atoms with Crippen molar-refractivity contribution in [3.05, 3.63) is 89.5 Å². The fourth-order valence-corrected chi connectivity index (χ4v) is 5.48. The molecule has 35 heavy (non-hydrogen) atoms. The van der Waals surface area contributed by atoms with E-state index in [2.05, 4.69) is 4.98 Å². The van der Waals surface area contributed by atoms with Crippen LogP contribution in [0.1, 0.15) is 30.3 Å². The molecule has 7 nitrogen and oxygen atoms in total. The molecular formula is C26H26FN3O4S. The van der Waals surface area contributed by atoms with Crippen LogP contribution in [0.5, 0.6) is 0 Å². The third-order valence-electron chi connectivity index (χ3n) is 5.84. The molecule has 182 valence electrons. The highest BCUT2D eigenvalue weighted by Crippen LogP contribution is 2.30. The second kappa shape index (κ2) is 9.87. The quantitative estimate of drug-likeness (QED) is 0.356. The van der Waals surface area contributed by atoms with Crippen LogP contribution in [0, 0.1) is 12.7 Å². The average molecular weight is 496 g/mol. The molecule has 3 aromatic carbocycles. The number of aromatic nitrogens is 2. The summed E-state index contributed by atoms with van der Waals surface area (Å²) in [7, 11) is -4.05. The molecule has 0 fully saturated rings. The van der Waals surface area contributed by atoms with Gasteiger partial charge in [-0.2, -0.15) is 0 Å². The number of aliphatic carboxylic acids is 1. The highest BCUT2D eigenvalue weighted by atomic mass is 32.2. The first-order valence-corrected chi connectivity index (χ1v) is 12.7. The number of anilines is 1. The molecule has 9 heteroatoms. The van der Waals surface area contributed by atoms with Gasteiger partial charge >= 0.3 is 5.97 Å². The maximum absolute atomic E-state index is 13.7. The van der Waals surface area contributed by atoms with Crippen LogP contribution in [0.3, 0.4) is 0 Å². The zero-order valence-corrected chi connectivity index (χ0v) is 20.3. The Hall–Kier alpha value is -3.72. The Morgan fingerprint density at radius 3 is 2.46 bits per heavy atom. The van der Waals surface area contributed by atoms with E-state index in [1.165, 1.54) is 16.4 Å². The van der Waals surface area contributed by atoms with Crippen LogP contribution in [0.25, 0.3) is 11.0 Å². The van der Waals surface area contributed by atoms with E-state index in [1.807, 2.05) is 38.1 Å². The number of nitrogens with zero attached hydrogens (tertiary/aromatic N) is 3. The molecule has 0 unspecified atom stereocenters. The number of aryl methyl sites for hydroxylation is 2. The van der Waals surface area contributed by atoms with Gasteiger partial charge in [0.2, 0.25) is 0 Å². The van der Waals surface area contributed by atoms with Gasteiger partial charge in [-0.1, -0.05) is 31.2 Å². The molecule has 0 spiro atoms. The number of rotatable bonds is 9. The summed E-state index contributed by atoms with van der Waals surface area (Å²) < 4.78 is 43.9. The summed E-state index contributed by atoms with van der Waals surface area (Å²) in [5.41, 5.74) is 3.27. The van der Waals surface area contributed by atoms with Crippen LogP contribution < -0.4 is 4.31 Å². The zero-order chi connectivity index (χ0) is 25.2. The lowest BCUT2D eigenvalue weighted by Gasteiger charge is -2.25. The molecule has 1 aromatic heterocycles. The van der Waals surface area contributed by atoms with Gasteiger partial charge in [-0.05, 0) is 66.9 Å². The summed E-state index contributed by atoms with van der Waals surface area (Å²) in [5, 5.41) is 9.36. The Labute approximate surface area is 203 Å². The van der Waals surface area contributed by atoms with Crippen LogP contribution in [0.2, 0.25) is 0 Å². The maximum atomic E-state index is 13.7. The van der Waals surface area contributed by atoms with E-state index in [-0.39, 0.29) is 18.0 Å². The number of hydrogen-bond acceptors (Lipinski definition) is 4. The minimum Gasteiger partial charge on any atom is -0.480 e. The Balaban J connectivity index is 1.86. The second-order valence-electron chi connectivity index (χ2n) is 8.32. The zero-order valence-electron chi connectivity index (χ0n) is 19.5. The van der Waals surface area contributed by atoms with Crippen molar-refractivity contribution in [2.75, 3.05) is 4.31 Å². The van der Waals surface area contributed by atoms with Crippen LogP contribution in [-0.4, -0.2) is 29.0 Å². The minimum atomic E-state index is -4.05. The Morgan fingerprint density at radius 2 is 1.80 bits per heavy atom. The molecule has 0 saturated carbocycles. The normalized spacial score (nSPS) is 11.6. The summed E-state index contributed by atoms with van der Waals surface area (Å²) in [5.74, 6) is -0.872. The number of fused-ring (bicyclic) bond motifs is 1. The van der Waals surface area contributed by atoms with Gasteiger partial charge in [-0.3, -0.25) is 9.10 Å². The maximum Gasteiger partial charge on any atom is 0.323 e. The smallest absolute Gasteiger partial charge is 0.323 e. The van der Waals surface area contributed by atoms with Crippen molar-refractivity contribution in [3.63, 3.8) is 0 Å². The summed E-state index contributed by atoms with van der Waals surface area (Å²) in [6, 6.07) is 17.2. The fraction of sp³-hybridized carbons (Fsp3) is 0.231. The van der Waals surface area contributed by atoms with Crippen molar-refractivity contribution in [2.24, 2.45) is 0 Å². The topological polar surface area (TPSA) is 92.5 Å². The number of carboxylic acid groups (broad SMARTS) is 1. The molecule has 0 aliphatic rings. The van der Waals surface area contributed by atoms with Gasteiger partial charge in [0.05, 0.1) is 28.2 Å². The molecule has 0 aliphatic carbocycles. The van der Waals surface area contributed by atoms with E-state index in [4.69, 9.17) is 0 Å². The van der Waals surface area contributed by atoms with Gasteiger partial charge in [0.15, 0.2) is 0 Å². The summed E-state index contributed by atoms with van der Waals surface area (Å²) >= 11 is 0. The molecule has 1 N–H and O–H groups in total. The number of carboxylic acids is 1. The van der Waals surface area contributed by atoms with E-state index in [9.17, 15) is 22.7 Å². The largest absolute Gasteiger partial charge is 0.480 e. The van der Waals surface area contributed by atoms with Crippen LogP contribution >= 0.6 is 0 Å². The van der Waals surface area contributed by atoms with Gasteiger partial charge < -0.3 is 9.67 Å². The first-order chi connectivity index (χ1) is 16.7. The van der Waals surface area contributed by atoms with Crippen LogP contribution in [0.4, 0.5) is 10.1 Å². The van der Waals surface area contributed by atoms with Crippen molar-refractivity contribution in [3.8, 4) is 0 Å². The monoisotopic (exact) mass is 495 g/mol. The lowest BCUT2D eigenvalue weighted by molar-refractivity contribution is -0.137. The molecule has 0 saturated heterocycles. The molecule has 4 rings (SSSR count). The Morgan fingerprint density at radius 1 is 1.09 bits per heavy atom. The fourth-order valence-electron chi connectivity index (χ4n) is 4.04. The van der Waals surface area contributed by atoms with Crippen LogP contribution in [0.15, 0.2) is 71.6 Å². The molecule has 0 radical (unpaired) electrons. The van der Waals surface area contributed by atoms with Gasteiger partial charge in [-0.15, -0.1) is 0 Å². The van der Waals surface area contributed by atoms with Gasteiger partial charge in [0.1, 0.15) is 18.2 Å². The van der Waals surface area contributed by atoms with Gasteiger partial charge in [-0.25, -0.2) is 17.8 Å². The van der Waals surface area contributed by atoms with E-state index >= 15 is 0 Å². The SMILES string of the molecule is CCCc1nc2cc(N(Cc3ccccc3C)S(=O)(=O)c3ccc(F)cc3)ccc2n1CC(=O)O. The number of benzene rings is 3. The molecule has 4 aromatic rings. The van der Waals surface area contributed by atoms with E-state index in [0.29, 0.717) is 29.0 Å². The van der Waals surface area contributed by atoms with E-state index in [1.54, 1.807) is 22.8 Å². The first-order valence-electron chi connectivity index (χ1n) is 11.2. The summed E-state index contributed by atoms with van der Waals surface area (Å²) in [4.78, 5) is 16.0. The number of carbonyl (C=O) groups is 1. The second-order valence-corrected chi connectivity index (χ2v) is 10.2. The molecule has 0 atom stereocenters. The van der Waals surface area contributed by atoms with E-state index < -0.39 is 21.8 Å². The molecule has 0 aliphatic heterocycles.